The normalized spacial score (nSPS) is 19.5. The zero-order chi connectivity index (χ0) is 22.2. The van der Waals surface area contributed by atoms with Gasteiger partial charge in [-0.3, -0.25) is 4.79 Å². The van der Waals surface area contributed by atoms with Crippen LogP contribution < -0.4 is 4.74 Å². The zero-order valence-corrected chi connectivity index (χ0v) is 18.3. The van der Waals surface area contributed by atoms with Crippen LogP contribution >= 0.6 is 0 Å². The topological polar surface area (TPSA) is 47.4 Å². The van der Waals surface area contributed by atoms with Crippen LogP contribution in [-0.4, -0.2) is 34.0 Å². The minimum Gasteiger partial charge on any atom is -0.495 e. The highest BCUT2D eigenvalue weighted by atomic mass is 19.1. The lowest BCUT2D eigenvalue weighted by molar-refractivity contribution is -0.131. The summed E-state index contributed by atoms with van der Waals surface area (Å²) in [5.74, 6) is 0.528. The fraction of sp³-hybridized carbons (Fsp3) is 0.308. The number of aromatic nitrogens is 2. The monoisotopic (exact) mass is 431 g/mol. The zero-order valence-electron chi connectivity index (χ0n) is 18.3. The molecule has 164 valence electrons. The summed E-state index contributed by atoms with van der Waals surface area (Å²) in [5, 5.41) is 0. The van der Waals surface area contributed by atoms with Crippen molar-refractivity contribution in [1.29, 1.82) is 0 Å². The Kier molecular flexibility index (Phi) is 5.29. The Bertz CT molecular complexity index is 1210. The van der Waals surface area contributed by atoms with Crippen molar-refractivity contribution in [2.24, 2.45) is 0 Å². The molecular weight excluding hydrogens is 405 g/mol. The van der Waals surface area contributed by atoms with Gasteiger partial charge in [0.25, 0.3) is 0 Å². The molecule has 0 spiro atoms. The van der Waals surface area contributed by atoms with E-state index in [4.69, 9.17) is 4.74 Å². The van der Waals surface area contributed by atoms with E-state index in [2.05, 4.69) is 4.98 Å². The summed E-state index contributed by atoms with van der Waals surface area (Å²) in [5.41, 5.74) is 5.65. The molecule has 2 aromatic carbocycles. The summed E-state index contributed by atoms with van der Waals surface area (Å²) in [6.07, 6.45) is 9.05. The number of ether oxygens (including phenoxy) is 1. The van der Waals surface area contributed by atoms with Gasteiger partial charge in [-0.2, -0.15) is 0 Å². The summed E-state index contributed by atoms with van der Waals surface area (Å²) >= 11 is 0. The molecule has 1 atom stereocenters. The molecule has 1 fully saturated rings. The van der Waals surface area contributed by atoms with E-state index >= 15 is 0 Å². The molecule has 1 unspecified atom stereocenters. The number of rotatable bonds is 4. The Hall–Kier alpha value is -3.41. The van der Waals surface area contributed by atoms with Gasteiger partial charge in [-0.15, -0.1) is 0 Å². The van der Waals surface area contributed by atoms with Crippen molar-refractivity contribution in [2.45, 2.75) is 38.6 Å². The van der Waals surface area contributed by atoms with E-state index in [0.29, 0.717) is 6.54 Å². The van der Waals surface area contributed by atoms with E-state index in [-0.39, 0.29) is 17.8 Å². The first-order valence-electron chi connectivity index (χ1n) is 11.0. The van der Waals surface area contributed by atoms with E-state index in [9.17, 15) is 9.18 Å². The second-order valence-electron chi connectivity index (χ2n) is 8.52. The number of methoxy groups -OCH3 is 1. The average Bonchev–Trinajstić information content (AvgIpc) is 3.41. The van der Waals surface area contributed by atoms with Gasteiger partial charge in [0.05, 0.1) is 30.9 Å². The van der Waals surface area contributed by atoms with E-state index in [0.717, 1.165) is 65.1 Å². The fourth-order valence-electron chi connectivity index (χ4n) is 4.89. The largest absolute Gasteiger partial charge is 0.495 e. The number of hydrogen-bond donors (Lipinski definition) is 0. The number of carbonyl (C=O) groups excluding carboxylic acids is 1. The van der Waals surface area contributed by atoms with Gasteiger partial charge < -0.3 is 14.2 Å². The highest BCUT2D eigenvalue weighted by Crippen LogP contribution is 2.39. The minimum absolute atomic E-state index is 0.0432. The summed E-state index contributed by atoms with van der Waals surface area (Å²) in [6.45, 7) is 2.65. The van der Waals surface area contributed by atoms with Crippen LogP contribution in [0, 0.1) is 12.7 Å². The highest BCUT2D eigenvalue weighted by Gasteiger charge is 2.34. The number of aryl methyl sites for hydroxylation is 2. The standard InChI is InChI=1S/C26H26FN3O2/c1-17-15-29(16-28-17)24-9-5-18(13-25(24)32-2)12-20-4-3-11-30(26(20)31)23-10-7-19-6-8-21(27)14-22(19)23/h5-6,8-9,12-16,23H,3-4,7,10-11H2,1-2H3. The second kappa shape index (κ2) is 8.26. The number of fused-ring (bicyclic) bond motifs is 1. The Morgan fingerprint density at radius 3 is 2.84 bits per heavy atom. The average molecular weight is 432 g/mol. The number of halogens is 1. The molecule has 0 radical (unpaired) electrons. The third-order valence-electron chi connectivity index (χ3n) is 6.45. The Balaban J connectivity index is 1.42. The van der Waals surface area contributed by atoms with Crippen LogP contribution in [0.4, 0.5) is 4.39 Å². The summed E-state index contributed by atoms with van der Waals surface area (Å²) in [7, 11) is 1.64. The molecule has 5 nitrogen and oxygen atoms in total. The number of carbonyl (C=O) groups is 1. The summed E-state index contributed by atoms with van der Waals surface area (Å²) in [6, 6.07) is 10.8. The van der Waals surface area contributed by atoms with Crippen LogP contribution in [0.2, 0.25) is 0 Å². The van der Waals surface area contributed by atoms with Gasteiger partial charge in [0.2, 0.25) is 5.91 Å². The molecule has 0 saturated carbocycles. The Labute approximate surface area is 187 Å². The molecule has 2 aliphatic rings. The SMILES string of the molecule is COc1cc(C=C2CCCN(C3CCc4ccc(F)cc43)C2=O)ccc1-n1cnc(C)c1. The number of likely N-dealkylation sites (tertiary alicyclic amines) is 1. The predicted molar refractivity (Wildman–Crippen MR) is 121 cm³/mol. The van der Waals surface area contributed by atoms with Crippen LogP contribution in [0.5, 0.6) is 5.75 Å². The van der Waals surface area contributed by atoms with Crippen molar-refractivity contribution in [1.82, 2.24) is 14.5 Å². The number of piperidine rings is 1. The van der Waals surface area contributed by atoms with Crippen LogP contribution in [0.25, 0.3) is 11.8 Å². The smallest absolute Gasteiger partial charge is 0.250 e. The van der Waals surface area contributed by atoms with E-state index in [1.807, 2.05) is 52.9 Å². The fourth-order valence-corrected chi connectivity index (χ4v) is 4.89. The molecule has 5 rings (SSSR count). The third-order valence-corrected chi connectivity index (χ3v) is 6.45. The summed E-state index contributed by atoms with van der Waals surface area (Å²) in [4.78, 5) is 19.6. The number of imidazole rings is 1. The van der Waals surface area contributed by atoms with Crippen molar-refractivity contribution >= 4 is 12.0 Å². The first-order chi connectivity index (χ1) is 15.5. The molecule has 1 amide bonds. The van der Waals surface area contributed by atoms with Crippen molar-refractivity contribution in [2.75, 3.05) is 13.7 Å². The molecule has 1 aromatic heterocycles. The van der Waals surface area contributed by atoms with E-state index in [1.54, 1.807) is 19.5 Å². The maximum Gasteiger partial charge on any atom is 0.250 e. The van der Waals surface area contributed by atoms with Gasteiger partial charge in [-0.25, -0.2) is 9.37 Å². The van der Waals surface area contributed by atoms with Gasteiger partial charge in [0.1, 0.15) is 11.6 Å². The quantitative estimate of drug-likeness (QED) is 0.545. The van der Waals surface area contributed by atoms with Crippen LogP contribution in [0.3, 0.4) is 0 Å². The molecular formula is C26H26FN3O2. The lowest BCUT2D eigenvalue weighted by Crippen LogP contribution is -2.39. The van der Waals surface area contributed by atoms with Crippen molar-refractivity contribution in [3.8, 4) is 11.4 Å². The van der Waals surface area contributed by atoms with Crippen molar-refractivity contribution in [3.63, 3.8) is 0 Å². The Morgan fingerprint density at radius 2 is 2.06 bits per heavy atom. The number of hydrogen-bond acceptors (Lipinski definition) is 3. The molecule has 2 heterocycles. The Morgan fingerprint density at radius 1 is 1.19 bits per heavy atom. The molecule has 1 aliphatic heterocycles. The third kappa shape index (κ3) is 3.70. The van der Waals surface area contributed by atoms with Gasteiger partial charge >= 0.3 is 0 Å². The lowest BCUT2D eigenvalue weighted by Gasteiger charge is -2.34. The first kappa shape index (κ1) is 20.5. The molecule has 1 aliphatic carbocycles. The maximum atomic E-state index is 13.9. The van der Waals surface area contributed by atoms with Crippen LogP contribution in [0.15, 0.2) is 54.5 Å². The molecule has 6 heteroatoms. The molecule has 0 N–H and O–H groups in total. The molecule has 3 aromatic rings. The van der Waals surface area contributed by atoms with Crippen molar-refractivity contribution in [3.05, 3.63) is 82.7 Å². The molecule has 32 heavy (non-hydrogen) atoms. The lowest BCUT2D eigenvalue weighted by atomic mass is 9.97. The number of amides is 1. The second-order valence-corrected chi connectivity index (χ2v) is 8.52. The molecule has 0 bridgehead atoms. The minimum atomic E-state index is -0.240. The van der Waals surface area contributed by atoms with Gasteiger partial charge in [0, 0.05) is 18.3 Å². The summed E-state index contributed by atoms with van der Waals surface area (Å²) < 4.78 is 21.4. The predicted octanol–water partition coefficient (Wildman–Crippen LogP) is 5.02. The van der Waals surface area contributed by atoms with E-state index in [1.165, 1.54) is 6.07 Å². The number of benzene rings is 2. The van der Waals surface area contributed by atoms with Crippen LogP contribution in [-0.2, 0) is 11.2 Å². The highest BCUT2D eigenvalue weighted by molar-refractivity contribution is 5.99. The first-order valence-corrected chi connectivity index (χ1v) is 11.0. The van der Waals surface area contributed by atoms with Crippen LogP contribution in [0.1, 0.15) is 47.7 Å². The number of nitrogens with zero attached hydrogens (tertiary/aromatic N) is 3. The van der Waals surface area contributed by atoms with Gasteiger partial charge in [-0.05, 0) is 79.6 Å². The van der Waals surface area contributed by atoms with Crippen molar-refractivity contribution < 1.29 is 13.9 Å². The van der Waals surface area contributed by atoms with E-state index < -0.39 is 0 Å². The molecule has 1 saturated heterocycles. The van der Waals surface area contributed by atoms with Gasteiger partial charge in [-0.1, -0.05) is 12.1 Å². The van der Waals surface area contributed by atoms with Gasteiger partial charge in [0.15, 0.2) is 0 Å². The maximum absolute atomic E-state index is 13.9.